The molecule has 0 aliphatic heterocycles. The van der Waals surface area contributed by atoms with Gasteiger partial charge in [0, 0.05) is 19.5 Å². The first kappa shape index (κ1) is 14.7. The maximum Gasteiger partial charge on any atom is 0.332 e. The monoisotopic (exact) mass is 232 g/mol. The lowest BCUT2D eigenvalue weighted by molar-refractivity contribution is -0.146. The van der Waals surface area contributed by atoms with Gasteiger partial charge in [0.2, 0.25) is 0 Å². The summed E-state index contributed by atoms with van der Waals surface area (Å²) in [4.78, 5) is 21.4. The Balaban J connectivity index is 3.63. The zero-order valence-corrected chi connectivity index (χ0v) is 9.91. The van der Waals surface area contributed by atoms with Crippen LogP contribution < -0.4 is 10.6 Å². The summed E-state index contributed by atoms with van der Waals surface area (Å²) >= 11 is 0. The quantitative estimate of drug-likeness (QED) is 0.543. The lowest BCUT2D eigenvalue weighted by atomic mass is 9.97. The van der Waals surface area contributed by atoms with E-state index in [-0.39, 0.29) is 24.4 Å². The van der Waals surface area contributed by atoms with Gasteiger partial charge in [0.05, 0.1) is 0 Å². The number of nitrogens with one attached hydrogen (secondary N) is 2. The van der Waals surface area contributed by atoms with Gasteiger partial charge in [-0.05, 0) is 5.41 Å². The van der Waals surface area contributed by atoms with E-state index >= 15 is 0 Å². The molecule has 0 aromatic heterocycles. The van der Waals surface area contributed by atoms with Crippen LogP contribution in [-0.4, -0.2) is 41.4 Å². The second kappa shape index (κ2) is 6.32. The minimum atomic E-state index is -1.43. The van der Waals surface area contributed by atoms with E-state index in [0.717, 1.165) is 0 Å². The molecule has 0 aromatic carbocycles. The van der Waals surface area contributed by atoms with Gasteiger partial charge in [-0.15, -0.1) is 0 Å². The van der Waals surface area contributed by atoms with E-state index in [1.807, 2.05) is 20.8 Å². The van der Waals surface area contributed by atoms with E-state index in [4.69, 9.17) is 10.2 Å². The minimum Gasteiger partial charge on any atom is -0.479 e. The number of aliphatic hydroxyl groups is 1. The van der Waals surface area contributed by atoms with Gasteiger partial charge in [0.1, 0.15) is 0 Å². The van der Waals surface area contributed by atoms with Crippen molar-refractivity contribution in [2.75, 3.05) is 13.1 Å². The smallest absolute Gasteiger partial charge is 0.332 e. The second-order valence-electron chi connectivity index (χ2n) is 4.81. The van der Waals surface area contributed by atoms with Gasteiger partial charge >= 0.3 is 12.0 Å². The molecular weight excluding hydrogens is 212 g/mol. The number of carboxylic acids is 1. The molecule has 1 atom stereocenters. The van der Waals surface area contributed by atoms with Crippen LogP contribution in [0.5, 0.6) is 0 Å². The fourth-order valence-electron chi connectivity index (χ4n) is 0.854. The standard InChI is InChI=1S/C10H20N2O4/c1-10(2,3)6-12-9(16)11-5-4-7(13)8(14)15/h7,13H,4-6H2,1-3H3,(H,14,15)(H2,11,12,16)/t7-/m0/s1. The number of amides is 2. The molecule has 16 heavy (non-hydrogen) atoms. The Kier molecular flexibility index (Phi) is 5.81. The summed E-state index contributed by atoms with van der Waals surface area (Å²) in [6.45, 7) is 6.62. The van der Waals surface area contributed by atoms with Crippen molar-refractivity contribution in [3.05, 3.63) is 0 Å². The van der Waals surface area contributed by atoms with Crippen molar-refractivity contribution in [1.82, 2.24) is 10.6 Å². The molecule has 6 nitrogen and oxygen atoms in total. The third-order valence-corrected chi connectivity index (χ3v) is 1.77. The highest BCUT2D eigenvalue weighted by molar-refractivity contribution is 5.74. The third kappa shape index (κ3) is 8.05. The first-order valence-electron chi connectivity index (χ1n) is 5.15. The van der Waals surface area contributed by atoms with Crippen LogP contribution in [0.2, 0.25) is 0 Å². The average Bonchev–Trinajstić information content (AvgIpc) is 2.13. The molecule has 0 bridgehead atoms. The molecule has 0 spiro atoms. The van der Waals surface area contributed by atoms with Crippen LogP contribution in [0.25, 0.3) is 0 Å². The molecule has 2 amide bonds. The van der Waals surface area contributed by atoms with Crippen molar-refractivity contribution < 1.29 is 19.8 Å². The fourth-order valence-corrected chi connectivity index (χ4v) is 0.854. The highest BCUT2D eigenvalue weighted by atomic mass is 16.4. The Morgan fingerprint density at radius 1 is 1.25 bits per heavy atom. The van der Waals surface area contributed by atoms with Crippen LogP contribution in [-0.2, 0) is 4.79 Å². The van der Waals surface area contributed by atoms with E-state index in [0.29, 0.717) is 6.54 Å². The maximum atomic E-state index is 11.2. The van der Waals surface area contributed by atoms with Crippen molar-refractivity contribution in [3.63, 3.8) is 0 Å². The molecule has 0 saturated heterocycles. The number of carboxylic acid groups (broad SMARTS) is 1. The van der Waals surface area contributed by atoms with E-state index in [9.17, 15) is 9.59 Å². The lowest BCUT2D eigenvalue weighted by Crippen LogP contribution is -2.41. The van der Waals surface area contributed by atoms with Crippen molar-refractivity contribution in [1.29, 1.82) is 0 Å². The van der Waals surface area contributed by atoms with Gasteiger partial charge in [-0.2, -0.15) is 0 Å². The Labute approximate surface area is 95.0 Å². The lowest BCUT2D eigenvalue weighted by Gasteiger charge is -2.19. The molecule has 0 heterocycles. The fraction of sp³-hybridized carbons (Fsp3) is 0.800. The maximum absolute atomic E-state index is 11.2. The first-order valence-corrected chi connectivity index (χ1v) is 5.15. The second-order valence-corrected chi connectivity index (χ2v) is 4.81. The highest BCUT2D eigenvalue weighted by Crippen LogP contribution is 2.09. The summed E-state index contributed by atoms with van der Waals surface area (Å²) in [5, 5.41) is 22.4. The summed E-state index contributed by atoms with van der Waals surface area (Å²) in [5.41, 5.74) is -0.00207. The third-order valence-electron chi connectivity index (χ3n) is 1.77. The summed E-state index contributed by atoms with van der Waals surface area (Å²) in [6.07, 6.45) is -1.43. The topological polar surface area (TPSA) is 98.7 Å². The van der Waals surface area contributed by atoms with Gasteiger partial charge < -0.3 is 20.8 Å². The number of rotatable bonds is 5. The molecule has 0 saturated carbocycles. The number of carbonyl (C=O) groups excluding carboxylic acids is 1. The normalized spacial score (nSPS) is 13.0. The largest absolute Gasteiger partial charge is 0.479 e. The predicted molar refractivity (Wildman–Crippen MR) is 59.1 cm³/mol. The SMILES string of the molecule is CC(C)(C)CNC(=O)NCC[C@H](O)C(=O)O. The van der Waals surface area contributed by atoms with Crippen molar-refractivity contribution in [2.24, 2.45) is 5.41 Å². The van der Waals surface area contributed by atoms with Crippen LogP contribution in [0.1, 0.15) is 27.2 Å². The Bertz CT molecular complexity index is 248. The van der Waals surface area contributed by atoms with E-state index in [1.54, 1.807) is 0 Å². The zero-order valence-electron chi connectivity index (χ0n) is 9.91. The van der Waals surface area contributed by atoms with Gasteiger partial charge in [0.25, 0.3) is 0 Å². The van der Waals surface area contributed by atoms with E-state index in [2.05, 4.69) is 10.6 Å². The number of aliphatic carboxylic acids is 1. The Hall–Kier alpha value is -1.30. The van der Waals surface area contributed by atoms with Crippen molar-refractivity contribution >= 4 is 12.0 Å². The van der Waals surface area contributed by atoms with Gasteiger partial charge in [-0.25, -0.2) is 9.59 Å². The minimum absolute atomic E-state index is 0.00172. The predicted octanol–water partition coefficient (Wildman–Crippen LogP) is 0.167. The Morgan fingerprint density at radius 3 is 2.25 bits per heavy atom. The summed E-state index contributed by atoms with van der Waals surface area (Å²) in [5.74, 6) is -1.28. The van der Waals surface area contributed by atoms with Crippen LogP contribution in [0.15, 0.2) is 0 Å². The highest BCUT2D eigenvalue weighted by Gasteiger charge is 2.14. The van der Waals surface area contributed by atoms with Crippen molar-refractivity contribution in [3.8, 4) is 0 Å². The molecule has 0 aliphatic carbocycles. The van der Waals surface area contributed by atoms with Crippen LogP contribution >= 0.6 is 0 Å². The number of hydrogen-bond donors (Lipinski definition) is 4. The average molecular weight is 232 g/mol. The number of carbonyl (C=O) groups is 2. The molecule has 4 N–H and O–H groups in total. The number of aliphatic hydroxyl groups excluding tert-OH is 1. The van der Waals surface area contributed by atoms with Crippen LogP contribution in [0, 0.1) is 5.41 Å². The summed E-state index contributed by atoms with van der Waals surface area (Å²) in [6, 6.07) is -0.354. The van der Waals surface area contributed by atoms with Crippen molar-refractivity contribution in [2.45, 2.75) is 33.3 Å². The molecule has 6 heteroatoms. The molecule has 0 radical (unpaired) electrons. The first-order chi connectivity index (χ1) is 7.22. The van der Waals surface area contributed by atoms with Gasteiger partial charge in [0.15, 0.2) is 6.10 Å². The van der Waals surface area contributed by atoms with E-state index < -0.39 is 12.1 Å². The summed E-state index contributed by atoms with van der Waals surface area (Å²) < 4.78 is 0. The zero-order chi connectivity index (χ0) is 12.8. The molecule has 0 fully saturated rings. The summed E-state index contributed by atoms with van der Waals surface area (Å²) in [7, 11) is 0. The number of hydrogen-bond acceptors (Lipinski definition) is 3. The van der Waals surface area contributed by atoms with Crippen LogP contribution in [0.3, 0.4) is 0 Å². The van der Waals surface area contributed by atoms with Gasteiger partial charge in [-0.3, -0.25) is 0 Å². The molecular formula is C10H20N2O4. The Morgan fingerprint density at radius 2 is 1.81 bits per heavy atom. The van der Waals surface area contributed by atoms with Gasteiger partial charge in [-0.1, -0.05) is 20.8 Å². The van der Waals surface area contributed by atoms with E-state index in [1.165, 1.54) is 0 Å². The molecule has 0 aromatic rings. The molecule has 0 rings (SSSR count). The molecule has 94 valence electrons. The molecule has 0 aliphatic rings. The molecule has 0 unspecified atom stereocenters. The van der Waals surface area contributed by atoms with Crippen LogP contribution in [0.4, 0.5) is 4.79 Å². The number of urea groups is 1.